The first-order chi connectivity index (χ1) is 11.4. The molecule has 0 aromatic rings. The smallest absolute Gasteiger partial charge is 0.186 e. The summed E-state index contributed by atoms with van der Waals surface area (Å²) in [4.78, 5) is 0. The van der Waals surface area contributed by atoms with Crippen molar-refractivity contribution in [3.8, 4) is 0 Å². The van der Waals surface area contributed by atoms with Gasteiger partial charge in [-0.3, -0.25) is 0 Å². The zero-order valence-electron chi connectivity index (χ0n) is 15.3. The normalized spacial score (nSPS) is 33.4. The highest BCUT2D eigenvalue weighted by Crippen LogP contribution is 2.25. The van der Waals surface area contributed by atoms with Gasteiger partial charge >= 0.3 is 0 Å². The van der Waals surface area contributed by atoms with Gasteiger partial charge in [-0.25, -0.2) is 0 Å². The zero-order chi connectivity index (χ0) is 18.1. The highest BCUT2D eigenvalue weighted by Gasteiger charge is 2.44. The molecule has 4 N–H and O–H groups in total. The maximum atomic E-state index is 10.0. The van der Waals surface area contributed by atoms with Crippen molar-refractivity contribution in [1.82, 2.24) is 0 Å². The van der Waals surface area contributed by atoms with Gasteiger partial charge in [0.15, 0.2) is 6.29 Å². The van der Waals surface area contributed by atoms with Crippen molar-refractivity contribution in [2.75, 3.05) is 6.61 Å². The average Bonchev–Trinajstić information content (AvgIpc) is 2.59. The highest BCUT2D eigenvalue weighted by atomic mass is 16.7. The first-order valence-corrected chi connectivity index (χ1v) is 9.40. The number of rotatable bonds is 11. The summed E-state index contributed by atoms with van der Waals surface area (Å²) in [5.41, 5.74) is 0. The molecule has 0 aromatic carbocycles. The van der Waals surface area contributed by atoms with Crippen LogP contribution in [0.3, 0.4) is 0 Å². The van der Waals surface area contributed by atoms with Crippen LogP contribution in [0, 0.1) is 5.92 Å². The quantitative estimate of drug-likeness (QED) is 0.452. The highest BCUT2D eigenvalue weighted by molar-refractivity contribution is 4.89. The Kier molecular flexibility index (Phi) is 10.3. The lowest BCUT2D eigenvalue weighted by molar-refractivity contribution is -0.311. The van der Waals surface area contributed by atoms with Gasteiger partial charge in [-0.15, -0.1) is 0 Å². The van der Waals surface area contributed by atoms with E-state index < -0.39 is 37.3 Å². The van der Waals surface area contributed by atoms with Crippen LogP contribution < -0.4 is 0 Å². The number of aliphatic hydroxyl groups excluding tert-OH is 4. The molecular formula is C18H36O6. The Morgan fingerprint density at radius 3 is 2.21 bits per heavy atom. The summed E-state index contributed by atoms with van der Waals surface area (Å²) < 4.78 is 11.2. The Balaban J connectivity index is 2.43. The molecule has 1 rings (SSSR count). The maximum absolute atomic E-state index is 10.0. The summed E-state index contributed by atoms with van der Waals surface area (Å²) in [5, 5.41) is 38.9. The second-order valence-corrected chi connectivity index (χ2v) is 7.04. The van der Waals surface area contributed by atoms with Gasteiger partial charge in [0, 0.05) is 0 Å². The third kappa shape index (κ3) is 6.58. The van der Waals surface area contributed by atoms with Crippen LogP contribution in [0.1, 0.15) is 65.7 Å². The first kappa shape index (κ1) is 21.8. The van der Waals surface area contributed by atoms with E-state index >= 15 is 0 Å². The van der Waals surface area contributed by atoms with Crippen molar-refractivity contribution in [3.63, 3.8) is 0 Å². The van der Waals surface area contributed by atoms with Crippen molar-refractivity contribution < 1.29 is 29.9 Å². The Labute approximate surface area is 145 Å². The molecule has 24 heavy (non-hydrogen) atoms. The molecule has 0 amide bonds. The van der Waals surface area contributed by atoms with Crippen molar-refractivity contribution >= 4 is 0 Å². The molecule has 1 aliphatic rings. The number of aliphatic hydroxyl groups is 4. The lowest BCUT2D eigenvalue weighted by Crippen LogP contribution is -2.59. The van der Waals surface area contributed by atoms with E-state index in [-0.39, 0.29) is 6.10 Å². The minimum Gasteiger partial charge on any atom is -0.394 e. The molecule has 0 radical (unpaired) electrons. The van der Waals surface area contributed by atoms with Crippen molar-refractivity contribution in [1.29, 1.82) is 0 Å². The predicted octanol–water partition coefficient (Wildman–Crippen LogP) is 1.58. The molecule has 6 nitrogen and oxygen atoms in total. The lowest BCUT2D eigenvalue weighted by atomic mass is 9.96. The van der Waals surface area contributed by atoms with Gasteiger partial charge in [-0.05, 0) is 18.8 Å². The molecule has 3 unspecified atom stereocenters. The van der Waals surface area contributed by atoms with Crippen LogP contribution in [0.4, 0.5) is 0 Å². The van der Waals surface area contributed by atoms with Crippen LogP contribution in [-0.4, -0.2) is 63.8 Å². The van der Waals surface area contributed by atoms with E-state index in [1.165, 1.54) is 19.3 Å². The van der Waals surface area contributed by atoms with E-state index in [1.807, 2.05) is 6.92 Å². The first-order valence-electron chi connectivity index (χ1n) is 9.40. The number of unbranched alkanes of at least 4 members (excludes halogenated alkanes) is 1. The standard InChI is InChI=1S/C18H36O6/c1-4-6-8-12(3)9-7-10-13(5-2)23-18-17(22)16(21)15(20)14(11-19)24-18/h12-22H,4-11H2,1-3H3/t12?,13?,14-,15-,16+,17-,18?/m1/s1. The van der Waals surface area contributed by atoms with E-state index in [9.17, 15) is 20.4 Å². The Morgan fingerprint density at radius 2 is 1.62 bits per heavy atom. The van der Waals surface area contributed by atoms with Gasteiger partial charge < -0.3 is 29.9 Å². The van der Waals surface area contributed by atoms with Gasteiger partial charge in [0.05, 0.1) is 12.7 Å². The van der Waals surface area contributed by atoms with Crippen LogP contribution in [0.2, 0.25) is 0 Å². The van der Waals surface area contributed by atoms with E-state index in [0.717, 1.165) is 25.7 Å². The molecule has 7 atom stereocenters. The van der Waals surface area contributed by atoms with E-state index in [2.05, 4.69) is 13.8 Å². The predicted molar refractivity (Wildman–Crippen MR) is 91.5 cm³/mol. The molecule has 6 heteroatoms. The monoisotopic (exact) mass is 348 g/mol. The molecular weight excluding hydrogens is 312 g/mol. The summed E-state index contributed by atoms with van der Waals surface area (Å²) in [6, 6.07) is 0. The SMILES string of the molecule is CCCCC(C)CCCC(CC)OC1O[C@H](CO)[C@@H](O)[C@H](O)[C@H]1O. The minimum absolute atomic E-state index is 0.0789. The molecule has 144 valence electrons. The van der Waals surface area contributed by atoms with Crippen LogP contribution in [0.25, 0.3) is 0 Å². The van der Waals surface area contributed by atoms with E-state index in [1.54, 1.807) is 0 Å². The molecule has 0 aromatic heterocycles. The Morgan fingerprint density at radius 1 is 0.958 bits per heavy atom. The number of ether oxygens (including phenoxy) is 2. The van der Waals surface area contributed by atoms with Crippen molar-refractivity contribution in [3.05, 3.63) is 0 Å². The summed E-state index contributed by atoms with van der Waals surface area (Å²) >= 11 is 0. The fraction of sp³-hybridized carbons (Fsp3) is 1.00. The third-order valence-electron chi connectivity index (χ3n) is 4.90. The van der Waals surface area contributed by atoms with Crippen molar-refractivity contribution in [2.24, 2.45) is 5.92 Å². The van der Waals surface area contributed by atoms with Crippen LogP contribution >= 0.6 is 0 Å². The van der Waals surface area contributed by atoms with E-state index in [0.29, 0.717) is 5.92 Å². The molecule has 0 spiro atoms. The molecule has 1 aliphatic heterocycles. The molecule has 1 saturated heterocycles. The largest absolute Gasteiger partial charge is 0.394 e. The summed E-state index contributed by atoms with van der Waals surface area (Å²) in [6.07, 6.45) is 1.50. The minimum atomic E-state index is -1.38. The van der Waals surface area contributed by atoms with Gasteiger partial charge in [0.2, 0.25) is 0 Å². The maximum Gasteiger partial charge on any atom is 0.186 e. The molecule has 0 bridgehead atoms. The van der Waals surface area contributed by atoms with Gasteiger partial charge in [0.1, 0.15) is 24.4 Å². The van der Waals surface area contributed by atoms with E-state index in [4.69, 9.17) is 9.47 Å². The average molecular weight is 348 g/mol. The summed E-state index contributed by atoms with van der Waals surface area (Å²) in [5.74, 6) is 0.703. The fourth-order valence-corrected chi connectivity index (χ4v) is 3.13. The number of hydrogen-bond donors (Lipinski definition) is 4. The molecule has 1 fully saturated rings. The van der Waals surface area contributed by atoms with Crippen LogP contribution in [0.5, 0.6) is 0 Å². The van der Waals surface area contributed by atoms with Gasteiger partial charge in [-0.1, -0.05) is 52.9 Å². The van der Waals surface area contributed by atoms with Gasteiger partial charge in [-0.2, -0.15) is 0 Å². The Bertz CT molecular complexity index is 325. The third-order valence-corrected chi connectivity index (χ3v) is 4.90. The molecule has 0 saturated carbocycles. The molecule has 0 aliphatic carbocycles. The summed E-state index contributed by atoms with van der Waals surface area (Å²) in [7, 11) is 0. The Hall–Kier alpha value is -0.240. The second-order valence-electron chi connectivity index (χ2n) is 7.04. The lowest BCUT2D eigenvalue weighted by Gasteiger charge is -2.40. The topological polar surface area (TPSA) is 99.4 Å². The fourth-order valence-electron chi connectivity index (χ4n) is 3.13. The summed E-state index contributed by atoms with van der Waals surface area (Å²) in [6.45, 7) is 6.05. The van der Waals surface area contributed by atoms with Crippen molar-refractivity contribution in [2.45, 2.75) is 103 Å². The van der Waals surface area contributed by atoms with Crippen LogP contribution in [-0.2, 0) is 9.47 Å². The molecule has 1 heterocycles. The second kappa shape index (κ2) is 11.4. The number of hydrogen-bond acceptors (Lipinski definition) is 6. The van der Waals surface area contributed by atoms with Crippen LogP contribution in [0.15, 0.2) is 0 Å². The zero-order valence-corrected chi connectivity index (χ0v) is 15.3. The van der Waals surface area contributed by atoms with Gasteiger partial charge in [0.25, 0.3) is 0 Å².